The Hall–Kier alpha value is -0.870. The van der Waals surface area contributed by atoms with Crippen LogP contribution in [0.2, 0.25) is 0 Å². The topological polar surface area (TPSA) is 77.8 Å². The second kappa shape index (κ2) is 25.4. The molecule has 0 aliphatic rings. The molecule has 0 unspecified atom stereocenters. The van der Waals surface area contributed by atoms with E-state index in [0.717, 1.165) is 12.8 Å². The maximum Gasteiger partial charge on any atom is 0.303 e. The van der Waals surface area contributed by atoms with Gasteiger partial charge in [-0.05, 0) is 38.5 Å². The Bertz CT molecular complexity index is 275. The second-order valence-corrected chi connectivity index (χ2v) is 6.53. The first kappa shape index (κ1) is 26.4. The molecule has 3 N–H and O–H groups in total. The van der Waals surface area contributed by atoms with Crippen molar-refractivity contribution in [1.82, 2.24) is 0 Å². The summed E-state index contributed by atoms with van der Waals surface area (Å²) in [6.07, 6.45) is 21.7. The van der Waals surface area contributed by atoms with Crippen LogP contribution in [0.3, 0.4) is 0 Å². The molecule has 0 aliphatic heterocycles. The van der Waals surface area contributed by atoms with Crippen LogP contribution in [0.5, 0.6) is 0 Å². The van der Waals surface area contributed by atoms with E-state index in [1.54, 1.807) is 0 Å². The van der Waals surface area contributed by atoms with Crippen LogP contribution >= 0.6 is 0 Å². The van der Waals surface area contributed by atoms with Crippen molar-refractivity contribution in [2.24, 2.45) is 0 Å². The van der Waals surface area contributed by atoms with E-state index in [1.807, 2.05) is 0 Å². The highest BCUT2D eigenvalue weighted by atomic mass is 16.4. The highest BCUT2D eigenvalue weighted by molar-refractivity contribution is 5.66. The van der Waals surface area contributed by atoms with E-state index in [4.69, 9.17) is 15.3 Å². The highest BCUT2D eigenvalue weighted by Gasteiger charge is 1.95. The summed E-state index contributed by atoms with van der Waals surface area (Å²) in [6.45, 7) is 2.45. The van der Waals surface area contributed by atoms with Gasteiger partial charge >= 0.3 is 5.97 Å². The number of aliphatic carboxylic acids is 1. The molecular formula is C21H42O4. The lowest BCUT2D eigenvalue weighted by Gasteiger charge is -1.99. The van der Waals surface area contributed by atoms with Crippen molar-refractivity contribution in [2.75, 3.05) is 13.2 Å². The van der Waals surface area contributed by atoms with E-state index in [0.29, 0.717) is 12.8 Å². The maximum absolute atomic E-state index is 10.3. The monoisotopic (exact) mass is 358 g/mol. The molecule has 0 radical (unpaired) electrons. The number of unbranched alkanes of at least 4 members (excludes halogenated alkanes) is 11. The summed E-state index contributed by atoms with van der Waals surface area (Å²) < 4.78 is 0. The molecule has 4 heteroatoms. The maximum atomic E-state index is 10.3. The number of carboxylic acid groups (broad SMARTS) is 1. The molecule has 0 aromatic heterocycles. The average molecular weight is 359 g/mol. The van der Waals surface area contributed by atoms with Gasteiger partial charge < -0.3 is 15.3 Å². The van der Waals surface area contributed by atoms with Gasteiger partial charge in [-0.15, -0.1) is 0 Å². The zero-order chi connectivity index (χ0) is 19.0. The van der Waals surface area contributed by atoms with Crippen molar-refractivity contribution < 1.29 is 20.1 Å². The zero-order valence-corrected chi connectivity index (χ0v) is 16.4. The van der Waals surface area contributed by atoms with Crippen LogP contribution < -0.4 is 0 Å². The van der Waals surface area contributed by atoms with Crippen LogP contribution in [-0.4, -0.2) is 34.5 Å². The standard InChI is InChI=1S/C18H34O2.C3H8O2/c1-2-3-4-5-6-7-8-9-10-11-12-13-14-15-16-17-18(19)20;4-2-1-3-5/h9-10H,2-8,11-17H2,1H3,(H,19,20);4-5H,1-3H2. The lowest BCUT2D eigenvalue weighted by Crippen LogP contribution is -1.93. The molecule has 4 nitrogen and oxygen atoms in total. The summed E-state index contributed by atoms with van der Waals surface area (Å²) in [5, 5.41) is 24.3. The van der Waals surface area contributed by atoms with Gasteiger partial charge in [-0.2, -0.15) is 0 Å². The number of hydrogen-bond acceptors (Lipinski definition) is 3. The minimum Gasteiger partial charge on any atom is -0.481 e. The quantitative estimate of drug-likeness (QED) is 0.238. The molecule has 0 atom stereocenters. The Balaban J connectivity index is 0. The minimum absolute atomic E-state index is 0.0938. The Morgan fingerprint density at radius 1 is 0.680 bits per heavy atom. The molecule has 25 heavy (non-hydrogen) atoms. The van der Waals surface area contributed by atoms with Crippen LogP contribution in [0, 0.1) is 0 Å². The molecule has 150 valence electrons. The predicted molar refractivity (Wildman–Crippen MR) is 106 cm³/mol. The Morgan fingerprint density at radius 3 is 1.52 bits per heavy atom. The normalized spacial score (nSPS) is 10.7. The molecule has 0 spiro atoms. The predicted octanol–water partition coefficient (Wildman–Crippen LogP) is 5.47. The van der Waals surface area contributed by atoms with Crippen LogP contribution in [-0.2, 0) is 4.79 Å². The van der Waals surface area contributed by atoms with Crippen molar-refractivity contribution >= 4 is 5.97 Å². The lowest BCUT2D eigenvalue weighted by molar-refractivity contribution is -0.137. The number of allylic oxidation sites excluding steroid dienone is 2. The second-order valence-electron chi connectivity index (χ2n) is 6.53. The van der Waals surface area contributed by atoms with Gasteiger partial charge in [0.15, 0.2) is 0 Å². The van der Waals surface area contributed by atoms with Gasteiger partial charge in [0.25, 0.3) is 0 Å². The van der Waals surface area contributed by atoms with E-state index >= 15 is 0 Å². The van der Waals surface area contributed by atoms with Gasteiger partial charge in [0.1, 0.15) is 0 Å². The summed E-state index contributed by atoms with van der Waals surface area (Å²) in [5.41, 5.74) is 0. The first-order chi connectivity index (χ1) is 12.2. The van der Waals surface area contributed by atoms with Crippen molar-refractivity contribution in [3.8, 4) is 0 Å². The van der Waals surface area contributed by atoms with Gasteiger partial charge in [0, 0.05) is 19.6 Å². The van der Waals surface area contributed by atoms with Crippen molar-refractivity contribution in [3.05, 3.63) is 12.2 Å². The number of carbonyl (C=O) groups is 1. The largest absolute Gasteiger partial charge is 0.481 e. The Labute approximate surface area is 155 Å². The average Bonchev–Trinajstić information content (AvgIpc) is 2.59. The van der Waals surface area contributed by atoms with Crippen LogP contribution in [0.15, 0.2) is 12.2 Å². The van der Waals surface area contributed by atoms with Gasteiger partial charge in [-0.3, -0.25) is 4.79 Å². The number of aliphatic hydroxyl groups is 2. The third-order valence-electron chi connectivity index (χ3n) is 3.97. The van der Waals surface area contributed by atoms with E-state index in [9.17, 15) is 4.79 Å². The molecule has 0 bridgehead atoms. The molecule has 0 aromatic rings. The SMILES string of the molecule is CCCCCCCCC=CCCCCCCCC(=O)O.OCCCO. The summed E-state index contributed by atoms with van der Waals surface area (Å²) in [5.74, 6) is -0.664. The van der Waals surface area contributed by atoms with Crippen LogP contribution in [0.4, 0.5) is 0 Å². The van der Waals surface area contributed by atoms with E-state index in [2.05, 4.69) is 19.1 Å². The Morgan fingerprint density at radius 2 is 1.12 bits per heavy atom. The number of carboxylic acids is 1. The number of aliphatic hydroxyl groups excluding tert-OH is 2. The summed E-state index contributed by atoms with van der Waals surface area (Å²) in [4.78, 5) is 10.3. The molecular weight excluding hydrogens is 316 g/mol. The lowest BCUT2D eigenvalue weighted by atomic mass is 10.1. The fourth-order valence-corrected chi connectivity index (χ4v) is 2.42. The van der Waals surface area contributed by atoms with Crippen LogP contribution in [0.1, 0.15) is 103 Å². The summed E-state index contributed by atoms with van der Waals surface area (Å²) in [6, 6.07) is 0. The molecule has 0 amide bonds. The molecule has 0 rings (SSSR count). The Kier molecular flexibility index (Phi) is 26.8. The zero-order valence-electron chi connectivity index (χ0n) is 16.4. The van der Waals surface area contributed by atoms with Gasteiger partial charge in [0.2, 0.25) is 0 Å². The number of hydrogen-bond donors (Lipinski definition) is 3. The number of rotatable bonds is 17. The fourth-order valence-electron chi connectivity index (χ4n) is 2.42. The third-order valence-corrected chi connectivity index (χ3v) is 3.97. The van der Waals surface area contributed by atoms with Gasteiger partial charge in [-0.25, -0.2) is 0 Å². The smallest absolute Gasteiger partial charge is 0.303 e. The van der Waals surface area contributed by atoms with E-state index < -0.39 is 5.97 Å². The fraction of sp³-hybridized carbons (Fsp3) is 0.857. The molecule has 0 saturated heterocycles. The van der Waals surface area contributed by atoms with Crippen molar-refractivity contribution in [3.63, 3.8) is 0 Å². The van der Waals surface area contributed by atoms with E-state index in [1.165, 1.54) is 70.6 Å². The first-order valence-electron chi connectivity index (χ1n) is 10.3. The summed E-state index contributed by atoms with van der Waals surface area (Å²) >= 11 is 0. The van der Waals surface area contributed by atoms with Crippen molar-refractivity contribution in [1.29, 1.82) is 0 Å². The van der Waals surface area contributed by atoms with Gasteiger partial charge in [0.05, 0.1) is 0 Å². The van der Waals surface area contributed by atoms with E-state index in [-0.39, 0.29) is 13.2 Å². The molecule has 0 saturated carbocycles. The van der Waals surface area contributed by atoms with Crippen LogP contribution in [0.25, 0.3) is 0 Å². The summed E-state index contributed by atoms with van der Waals surface area (Å²) in [7, 11) is 0. The molecule has 0 fully saturated rings. The molecule has 0 aromatic carbocycles. The van der Waals surface area contributed by atoms with Gasteiger partial charge in [-0.1, -0.05) is 70.4 Å². The molecule has 0 heterocycles. The first-order valence-corrected chi connectivity index (χ1v) is 10.3. The third kappa shape index (κ3) is 31.4. The highest BCUT2D eigenvalue weighted by Crippen LogP contribution is 2.09. The minimum atomic E-state index is -0.664. The van der Waals surface area contributed by atoms with Crippen molar-refractivity contribution in [2.45, 2.75) is 103 Å². The molecule has 0 aliphatic carbocycles.